The molecule has 2 aromatic rings. The molecule has 0 atom stereocenters. The van der Waals surface area contributed by atoms with Crippen molar-refractivity contribution in [2.75, 3.05) is 0 Å². The molecule has 0 aliphatic rings. The maximum atomic E-state index is 12.0. The van der Waals surface area contributed by atoms with Crippen LogP contribution in [0.2, 0.25) is 0 Å². The van der Waals surface area contributed by atoms with E-state index in [1.807, 2.05) is 17.6 Å². The molecule has 0 aliphatic heterocycles. The quantitative estimate of drug-likeness (QED) is 0.768. The minimum Gasteiger partial charge on any atom is -0.293 e. The SMILES string of the molecule is CCCCCCn1c(=O)ccc2c(C)cc(C)nc21. The molecule has 3 heteroatoms. The molecule has 0 amide bonds. The molecule has 0 saturated carbocycles. The molecule has 102 valence electrons. The van der Waals surface area contributed by atoms with Crippen molar-refractivity contribution in [3.05, 3.63) is 39.8 Å². The van der Waals surface area contributed by atoms with Crippen LogP contribution >= 0.6 is 0 Å². The molecule has 0 radical (unpaired) electrons. The van der Waals surface area contributed by atoms with Crippen molar-refractivity contribution in [3.8, 4) is 0 Å². The zero-order valence-electron chi connectivity index (χ0n) is 12.1. The van der Waals surface area contributed by atoms with Crippen molar-refractivity contribution in [1.82, 2.24) is 9.55 Å². The summed E-state index contributed by atoms with van der Waals surface area (Å²) in [6, 6.07) is 5.61. The highest BCUT2D eigenvalue weighted by molar-refractivity contribution is 5.79. The van der Waals surface area contributed by atoms with E-state index in [9.17, 15) is 4.79 Å². The van der Waals surface area contributed by atoms with E-state index >= 15 is 0 Å². The van der Waals surface area contributed by atoms with Gasteiger partial charge in [-0.1, -0.05) is 26.2 Å². The van der Waals surface area contributed by atoms with Crippen molar-refractivity contribution < 1.29 is 0 Å². The average molecular weight is 258 g/mol. The lowest BCUT2D eigenvalue weighted by molar-refractivity contribution is 0.580. The minimum atomic E-state index is 0.0569. The van der Waals surface area contributed by atoms with Gasteiger partial charge in [-0.05, 0) is 38.0 Å². The standard InChI is InChI=1S/C16H22N2O/c1-4-5-6-7-10-18-15(19)9-8-14-12(2)11-13(3)17-16(14)18/h8-9,11H,4-7,10H2,1-3H3. The third kappa shape index (κ3) is 3.03. The first-order chi connectivity index (χ1) is 9.13. The Hall–Kier alpha value is -1.64. The predicted octanol–water partition coefficient (Wildman–Crippen LogP) is 3.59. The molecule has 0 spiro atoms. The van der Waals surface area contributed by atoms with Crippen molar-refractivity contribution in [2.24, 2.45) is 0 Å². The number of pyridine rings is 2. The third-order valence-electron chi connectivity index (χ3n) is 3.52. The highest BCUT2D eigenvalue weighted by atomic mass is 16.1. The first kappa shape index (κ1) is 13.8. The molecule has 2 aromatic heterocycles. The van der Waals surface area contributed by atoms with Gasteiger partial charge in [-0.3, -0.25) is 9.36 Å². The number of aromatic nitrogens is 2. The van der Waals surface area contributed by atoms with Crippen LogP contribution < -0.4 is 5.56 Å². The summed E-state index contributed by atoms with van der Waals surface area (Å²) in [6.45, 7) is 7.01. The number of aryl methyl sites for hydroxylation is 3. The van der Waals surface area contributed by atoms with Gasteiger partial charge in [0, 0.05) is 23.7 Å². The average Bonchev–Trinajstić information content (AvgIpc) is 2.36. The van der Waals surface area contributed by atoms with E-state index < -0.39 is 0 Å². The maximum absolute atomic E-state index is 12.0. The van der Waals surface area contributed by atoms with Crippen LogP contribution in [0, 0.1) is 13.8 Å². The van der Waals surface area contributed by atoms with Crippen LogP contribution in [-0.2, 0) is 6.54 Å². The second-order valence-electron chi connectivity index (χ2n) is 5.20. The van der Waals surface area contributed by atoms with E-state index in [1.54, 1.807) is 6.07 Å². The lowest BCUT2D eigenvalue weighted by atomic mass is 10.1. The van der Waals surface area contributed by atoms with Crippen LogP contribution in [0.1, 0.15) is 43.9 Å². The minimum absolute atomic E-state index is 0.0569. The van der Waals surface area contributed by atoms with Gasteiger partial charge in [-0.2, -0.15) is 0 Å². The molecule has 0 N–H and O–H groups in total. The number of hydrogen-bond donors (Lipinski definition) is 0. The Labute approximate surface area is 114 Å². The fourth-order valence-electron chi connectivity index (χ4n) is 2.50. The Bertz CT molecular complexity index is 628. The largest absolute Gasteiger partial charge is 0.293 e. The molecule has 0 bridgehead atoms. The molecule has 3 nitrogen and oxygen atoms in total. The van der Waals surface area contributed by atoms with Crippen LogP contribution in [0.3, 0.4) is 0 Å². The summed E-state index contributed by atoms with van der Waals surface area (Å²) in [5.74, 6) is 0. The monoisotopic (exact) mass is 258 g/mol. The third-order valence-corrected chi connectivity index (χ3v) is 3.52. The van der Waals surface area contributed by atoms with Crippen molar-refractivity contribution in [3.63, 3.8) is 0 Å². The van der Waals surface area contributed by atoms with Crippen LogP contribution in [-0.4, -0.2) is 9.55 Å². The topological polar surface area (TPSA) is 34.9 Å². The summed E-state index contributed by atoms with van der Waals surface area (Å²) in [6.07, 6.45) is 4.65. The van der Waals surface area contributed by atoms with Crippen molar-refractivity contribution in [2.45, 2.75) is 53.0 Å². The van der Waals surface area contributed by atoms with E-state index in [0.29, 0.717) is 0 Å². The summed E-state index contributed by atoms with van der Waals surface area (Å²) in [4.78, 5) is 16.6. The molecular formula is C16H22N2O. The molecule has 19 heavy (non-hydrogen) atoms. The lowest BCUT2D eigenvalue weighted by Gasteiger charge is -2.11. The van der Waals surface area contributed by atoms with Crippen LogP contribution in [0.5, 0.6) is 0 Å². The summed E-state index contributed by atoms with van der Waals surface area (Å²) in [5, 5.41) is 1.08. The summed E-state index contributed by atoms with van der Waals surface area (Å²) < 4.78 is 1.82. The fourth-order valence-corrected chi connectivity index (χ4v) is 2.50. The Balaban J connectivity index is 2.40. The van der Waals surface area contributed by atoms with Crippen LogP contribution in [0.4, 0.5) is 0 Å². The van der Waals surface area contributed by atoms with Gasteiger partial charge in [-0.25, -0.2) is 4.98 Å². The number of hydrogen-bond acceptors (Lipinski definition) is 2. The van der Waals surface area contributed by atoms with Gasteiger partial charge in [-0.15, -0.1) is 0 Å². The molecule has 0 unspecified atom stereocenters. The van der Waals surface area contributed by atoms with Crippen molar-refractivity contribution in [1.29, 1.82) is 0 Å². The van der Waals surface area contributed by atoms with Gasteiger partial charge < -0.3 is 0 Å². The molecule has 2 heterocycles. The predicted molar refractivity (Wildman–Crippen MR) is 79.6 cm³/mol. The van der Waals surface area contributed by atoms with E-state index in [0.717, 1.165) is 29.7 Å². The Morgan fingerprint density at radius 2 is 1.95 bits per heavy atom. The smallest absolute Gasteiger partial charge is 0.252 e. The Morgan fingerprint density at radius 1 is 1.16 bits per heavy atom. The van der Waals surface area contributed by atoms with Gasteiger partial charge >= 0.3 is 0 Å². The maximum Gasteiger partial charge on any atom is 0.252 e. The van der Waals surface area contributed by atoms with Crippen LogP contribution in [0.25, 0.3) is 11.0 Å². The normalized spacial score (nSPS) is 11.1. The zero-order chi connectivity index (χ0) is 13.8. The summed E-state index contributed by atoms with van der Waals surface area (Å²) in [7, 11) is 0. The molecule has 2 rings (SSSR count). The summed E-state index contributed by atoms with van der Waals surface area (Å²) in [5.41, 5.74) is 3.05. The summed E-state index contributed by atoms with van der Waals surface area (Å²) >= 11 is 0. The molecule has 0 aromatic carbocycles. The first-order valence-electron chi connectivity index (χ1n) is 7.11. The van der Waals surface area contributed by atoms with Gasteiger partial charge in [0.05, 0.1) is 0 Å². The van der Waals surface area contributed by atoms with Gasteiger partial charge in [0.25, 0.3) is 5.56 Å². The van der Waals surface area contributed by atoms with Gasteiger partial charge in [0.1, 0.15) is 5.65 Å². The highest BCUT2D eigenvalue weighted by Gasteiger charge is 2.07. The zero-order valence-corrected chi connectivity index (χ0v) is 12.1. The van der Waals surface area contributed by atoms with Gasteiger partial charge in [0.15, 0.2) is 0 Å². The van der Waals surface area contributed by atoms with E-state index in [1.165, 1.54) is 24.8 Å². The number of rotatable bonds is 5. The Kier molecular flexibility index (Phi) is 4.35. The molecular weight excluding hydrogens is 236 g/mol. The number of nitrogens with zero attached hydrogens (tertiary/aromatic N) is 2. The fraction of sp³-hybridized carbons (Fsp3) is 0.500. The Morgan fingerprint density at radius 3 is 2.68 bits per heavy atom. The van der Waals surface area contributed by atoms with E-state index in [2.05, 4.69) is 24.9 Å². The second-order valence-corrected chi connectivity index (χ2v) is 5.20. The second kappa shape index (κ2) is 6.00. The number of fused-ring (bicyclic) bond motifs is 1. The van der Waals surface area contributed by atoms with Crippen LogP contribution in [0.15, 0.2) is 23.0 Å². The molecule has 0 aliphatic carbocycles. The number of unbranched alkanes of at least 4 members (excludes halogenated alkanes) is 3. The highest BCUT2D eigenvalue weighted by Crippen LogP contribution is 2.16. The van der Waals surface area contributed by atoms with E-state index in [4.69, 9.17) is 0 Å². The van der Waals surface area contributed by atoms with Gasteiger partial charge in [0.2, 0.25) is 0 Å². The van der Waals surface area contributed by atoms with E-state index in [-0.39, 0.29) is 5.56 Å². The van der Waals surface area contributed by atoms with Crippen molar-refractivity contribution >= 4 is 11.0 Å². The first-order valence-corrected chi connectivity index (χ1v) is 7.11. The molecule has 0 saturated heterocycles. The lowest BCUT2D eigenvalue weighted by Crippen LogP contribution is -2.20. The molecule has 0 fully saturated rings.